The Balaban J connectivity index is 2.09. The van der Waals surface area contributed by atoms with E-state index in [1.807, 2.05) is 0 Å². The number of carbonyl (C=O) groups is 1. The highest BCUT2D eigenvalue weighted by Gasteiger charge is 2.15. The summed E-state index contributed by atoms with van der Waals surface area (Å²) in [5, 5.41) is 3.12. The Morgan fingerprint density at radius 3 is 2.68 bits per heavy atom. The molecule has 0 aromatic heterocycles. The van der Waals surface area contributed by atoms with E-state index in [4.69, 9.17) is 11.6 Å². The third-order valence-corrected chi connectivity index (χ3v) is 3.65. The van der Waals surface area contributed by atoms with E-state index in [-0.39, 0.29) is 17.9 Å². The highest BCUT2D eigenvalue weighted by atomic mass is 79.9. The van der Waals surface area contributed by atoms with Crippen LogP contribution in [0.2, 0.25) is 5.02 Å². The van der Waals surface area contributed by atoms with Crippen molar-refractivity contribution in [3.8, 4) is 5.75 Å². The summed E-state index contributed by atoms with van der Waals surface area (Å²) in [6.07, 6.45) is 0. The predicted molar refractivity (Wildman–Crippen MR) is 83.4 cm³/mol. The average Bonchev–Trinajstić information content (AvgIpc) is 2.46. The van der Waals surface area contributed by atoms with Crippen LogP contribution in [0.4, 0.5) is 8.78 Å². The lowest BCUT2D eigenvalue weighted by molar-refractivity contribution is -0.0501. The maximum absolute atomic E-state index is 12.3. The zero-order valence-electron chi connectivity index (χ0n) is 11.2. The van der Waals surface area contributed by atoms with E-state index >= 15 is 0 Å². The van der Waals surface area contributed by atoms with Gasteiger partial charge in [0.2, 0.25) is 0 Å². The molecule has 0 saturated carbocycles. The number of halogens is 4. The number of benzene rings is 2. The number of amides is 1. The van der Waals surface area contributed by atoms with Crippen molar-refractivity contribution in [1.82, 2.24) is 5.32 Å². The minimum absolute atomic E-state index is 0.0380. The van der Waals surface area contributed by atoms with E-state index in [0.717, 1.165) is 4.47 Å². The number of rotatable bonds is 5. The van der Waals surface area contributed by atoms with Gasteiger partial charge >= 0.3 is 6.61 Å². The van der Waals surface area contributed by atoms with Gasteiger partial charge in [-0.3, -0.25) is 4.79 Å². The van der Waals surface area contributed by atoms with Crippen LogP contribution >= 0.6 is 27.5 Å². The molecule has 2 rings (SSSR count). The van der Waals surface area contributed by atoms with Gasteiger partial charge in [-0.05, 0) is 29.8 Å². The molecule has 1 amide bonds. The molecule has 0 unspecified atom stereocenters. The normalized spacial score (nSPS) is 10.6. The highest BCUT2D eigenvalue weighted by Crippen LogP contribution is 2.22. The number of hydrogen-bond acceptors (Lipinski definition) is 2. The van der Waals surface area contributed by atoms with Gasteiger partial charge in [-0.2, -0.15) is 8.78 Å². The molecule has 116 valence electrons. The number of ether oxygens (including phenoxy) is 1. The van der Waals surface area contributed by atoms with Crippen molar-refractivity contribution in [2.24, 2.45) is 0 Å². The molecule has 2 aromatic rings. The summed E-state index contributed by atoms with van der Waals surface area (Å²) in [5.41, 5.74) is 0.751. The molecule has 0 saturated heterocycles. The fraction of sp³-hybridized carbons (Fsp3) is 0.133. The number of carbonyl (C=O) groups excluding carboxylic acids is 1. The van der Waals surface area contributed by atoms with Crippen LogP contribution < -0.4 is 10.1 Å². The molecule has 0 fully saturated rings. The molecular weight excluding hydrogens is 380 g/mol. The minimum atomic E-state index is -2.99. The van der Waals surface area contributed by atoms with Crippen LogP contribution in [0.3, 0.4) is 0 Å². The van der Waals surface area contributed by atoms with Crippen molar-refractivity contribution < 1.29 is 18.3 Å². The van der Waals surface area contributed by atoms with Crippen LogP contribution in [0.25, 0.3) is 0 Å². The Morgan fingerprint density at radius 2 is 2.00 bits per heavy atom. The zero-order chi connectivity index (χ0) is 16.1. The lowest BCUT2D eigenvalue weighted by Gasteiger charge is -2.11. The van der Waals surface area contributed by atoms with Crippen LogP contribution in [0.15, 0.2) is 46.9 Å². The third-order valence-electron chi connectivity index (χ3n) is 2.80. The molecule has 0 aliphatic carbocycles. The van der Waals surface area contributed by atoms with E-state index in [1.165, 1.54) is 18.2 Å². The molecule has 0 heterocycles. The Hall–Kier alpha value is -1.66. The van der Waals surface area contributed by atoms with Crippen molar-refractivity contribution in [3.63, 3.8) is 0 Å². The first-order chi connectivity index (χ1) is 10.5. The molecular formula is C15H11BrClF2NO2. The topological polar surface area (TPSA) is 38.3 Å². The number of alkyl halides is 2. The van der Waals surface area contributed by atoms with Gasteiger partial charge in [0.25, 0.3) is 5.91 Å². The maximum atomic E-state index is 12.3. The summed E-state index contributed by atoms with van der Waals surface area (Å²) in [6, 6.07) is 11.1. The summed E-state index contributed by atoms with van der Waals surface area (Å²) in [6.45, 7) is -2.82. The van der Waals surface area contributed by atoms with Crippen LogP contribution in [0.5, 0.6) is 5.75 Å². The summed E-state index contributed by atoms with van der Waals surface area (Å²) >= 11 is 9.34. The molecule has 0 aliphatic heterocycles. The van der Waals surface area contributed by atoms with E-state index in [0.29, 0.717) is 10.6 Å². The molecule has 0 atom stereocenters. The Morgan fingerprint density at radius 1 is 1.27 bits per heavy atom. The fourth-order valence-electron chi connectivity index (χ4n) is 1.79. The average molecular weight is 391 g/mol. The molecule has 7 heteroatoms. The van der Waals surface area contributed by atoms with Gasteiger partial charge in [-0.15, -0.1) is 0 Å². The van der Waals surface area contributed by atoms with Gasteiger partial charge in [-0.1, -0.05) is 45.7 Å². The molecule has 3 nitrogen and oxygen atoms in total. The van der Waals surface area contributed by atoms with Gasteiger partial charge < -0.3 is 10.1 Å². The Kier molecular flexibility index (Phi) is 5.74. The summed E-state index contributed by atoms with van der Waals surface area (Å²) in [7, 11) is 0. The first-order valence-corrected chi connectivity index (χ1v) is 7.40. The SMILES string of the molecule is O=C(NCc1ccc(Br)cc1Cl)c1ccccc1OC(F)F. The molecule has 0 radical (unpaired) electrons. The van der Waals surface area contributed by atoms with E-state index in [1.54, 1.807) is 24.3 Å². The van der Waals surface area contributed by atoms with Crippen molar-refractivity contribution >= 4 is 33.4 Å². The smallest absolute Gasteiger partial charge is 0.387 e. The van der Waals surface area contributed by atoms with Crippen LogP contribution in [-0.2, 0) is 6.54 Å². The first kappa shape index (κ1) is 16.7. The fourth-order valence-corrected chi connectivity index (χ4v) is 2.53. The van der Waals surface area contributed by atoms with Crippen LogP contribution in [0.1, 0.15) is 15.9 Å². The maximum Gasteiger partial charge on any atom is 0.387 e. The molecule has 22 heavy (non-hydrogen) atoms. The van der Waals surface area contributed by atoms with Crippen LogP contribution in [0, 0.1) is 0 Å². The monoisotopic (exact) mass is 389 g/mol. The molecule has 0 spiro atoms. The van der Waals surface area contributed by atoms with Crippen molar-refractivity contribution in [1.29, 1.82) is 0 Å². The third kappa shape index (κ3) is 4.42. The second-order valence-corrected chi connectivity index (χ2v) is 5.62. The molecule has 0 bridgehead atoms. The van der Waals surface area contributed by atoms with Gasteiger partial charge in [0.15, 0.2) is 0 Å². The quantitative estimate of drug-likeness (QED) is 0.808. The van der Waals surface area contributed by atoms with Crippen molar-refractivity contribution in [2.75, 3.05) is 0 Å². The van der Waals surface area contributed by atoms with Crippen molar-refractivity contribution in [3.05, 3.63) is 63.1 Å². The second kappa shape index (κ2) is 7.56. The number of nitrogens with one attached hydrogen (secondary N) is 1. The largest absolute Gasteiger partial charge is 0.434 e. The predicted octanol–water partition coefficient (Wildman–Crippen LogP) is 4.63. The zero-order valence-corrected chi connectivity index (χ0v) is 13.5. The minimum Gasteiger partial charge on any atom is -0.434 e. The Bertz CT molecular complexity index is 682. The molecule has 0 aliphatic rings. The summed E-state index contributed by atoms with van der Waals surface area (Å²) in [4.78, 5) is 12.1. The standard InChI is InChI=1S/C15H11BrClF2NO2/c16-10-6-5-9(12(17)7-10)8-20-14(21)11-3-1-2-4-13(11)22-15(18)19/h1-7,15H,8H2,(H,20,21). The molecule has 2 aromatic carbocycles. The van der Waals surface area contributed by atoms with Gasteiger partial charge in [0.05, 0.1) is 5.56 Å². The molecule has 1 N–H and O–H groups in total. The van der Waals surface area contributed by atoms with E-state index < -0.39 is 12.5 Å². The number of para-hydroxylation sites is 1. The van der Waals surface area contributed by atoms with Crippen molar-refractivity contribution in [2.45, 2.75) is 13.2 Å². The number of hydrogen-bond donors (Lipinski definition) is 1. The van der Waals surface area contributed by atoms with Gasteiger partial charge in [-0.25, -0.2) is 0 Å². The second-order valence-electron chi connectivity index (χ2n) is 4.29. The summed E-state index contributed by atoms with van der Waals surface area (Å²) < 4.78 is 29.8. The summed E-state index contributed by atoms with van der Waals surface area (Å²) in [5.74, 6) is -0.688. The lowest BCUT2D eigenvalue weighted by atomic mass is 10.1. The first-order valence-electron chi connectivity index (χ1n) is 6.23. The van der Waals surface area contributed by atoms with Gasteiger partial charge in [0.1, 0.15) is 5.75 Å². The van der Waals surface area contributed by atoms with E-state index in [2.05, 4.69) is 26.0 Å². The lowest BCUT2D eigenvalue weighted by Crippen LogP contribution is -2.24. The van der Waals surface area contributed by atoms with Crippen LogP contribution in [-0.4, -0.2) is 12.5 Å². The highest BCUT2D eigenvalue weighted by molar-refractivity contribution is 9.10. The van der Waals surface area contributed by atoms with Gasteiger partial charge in [0, 0.05) is 16.0 Å². The Labute approximate surface area is 139 Å². The van der Waals surface area contributed by atoms with E-state index in [9.17, 15) is 13.6 Å².